The number of nitro benzene ring substituents is 1. The van der Waals surface area contributed by atoms with Crippen molar-refractivity contribution in [2.75, 3.05) is 11.1 Å². The zero-order valence-corrected chi connectivity index (χ0v) is 11.0. The number of pyridine rings is 1. The van der Waals surface area contributed by atoms with Gasteiger partial charge in [-0.3, -0.25) is 15.1 Å². The molecule has 3 N–H and O–H groups in total. The van der Waals surface area contributed by atoms with Gasteiger partial charge in [0.1, 0.15) is 0 Å². The fraction of sp³-hybridized carbons (Fsp3) is 0. The zero-order chi connectivity index (χ0) is 14.8. The quantitative estimate of drug-likeness (QED) is 0.435. The summed E-state index contributed by atoms with van der Waals surface area (Å²) in [6, 6.07) is 12.1. The summed E-state index contributed by atoms with van der Waals surface area (Å²) in [7, 11) is 0. The second-order valence-corrected chi connectivity index (χ2v) is 4.60. The summed E-state index contributed by atoms with van der Waals surface area (Å²) in [6.45, 7) is 0. The molecule has 2 aromatic carbocycles. The van der Waals surface area contributed by atoms with Gasteiger partial charge in [0.25, 0.3) is 5.69 Å². The van der Waals surface area contributed by atoms with Crippen LogP contribution in [-0.4, -0.2) is 9.91 Å². The van der Waals surface area contributed by atoms with Crippen LogP contribution < -0.4 is 11.1 Å². The predicted molar refractivity (Wildman–Crippen MR) is 82.5 cm³/mol. The van der Waals surface area contributed by atoms with Crippen LogP contribution in [0.4, 0.5) is 22.7 Å². The van der Waals surface area contributed by atoms with Crippen molar-refractivity contribution in [3.63, 3.8) is 0 Å². The van der Waals surface area contributed by atoms with Gasteiger partial charge >= 0.3 is 0 Å². The Balaban J connectivity index is 2.05. The zero-order valence-electron chi connectivity index (χ0n) is 11.0. The average molecular weight is 280 g/mol. The summed E-state index contributed by atoms with van der Waals surface area (Å²) < 4.78 is 0. The summed E-state index contributed by atoms with van der Waals surface area (Å²) in [6.07, 6.45) is 3.47. The molecule has 6 nitrogen and oxygen atoms in total. The molecule has 0 aliphatic heterocycles. The lowest BCUT2D eigenvalue weighted by atomic mass is 10.1. The molecule has 0 saturated carbocycles. The van der Waals surface area contributed by atoms with Gasteiger partial charge in [-0.1, -0.05) is 12.1 Å². The van der Waals surface area contributed by atoms with Crippen LogP contribution in [0.2, 0.25) is 0 Å². The van der Waals surface area contributed by atoms with Crippen LogP contribution in [0, 0.1) is 10.1 Å². The van der Waals surface area contributed by atoms with E-state index in [-0.39, 0.29) is 5.69 Å². The molecule has 0 atom stereocenters. The molecule has 0 aliphatic rings. The molecular formula is C15H12N4O2. The molecule has 3 aromatic rings. The molecule has 21 heavy (non-hydrogen) atoms. The van der Waals surface area contributed by atoms with E-state index >= 15 is 0 Å². The summed E-state index contributed by atoms with van der Waals surface area (Å²) in [5.74, 6) is 0. The summed E-state index contributed by atoms with van der Waals surface area (Å²) in [5, 5.41) is 16.0. The number of nitrogens with one attached hydrogen (secondary N) is 1. The molecule has 1 aromatic heterocycles. The number of non-ortho nitro benzene ring substituents is 1. The fourth-order valence-electron chi connectivity index (χ4n) is 2.20. The van der Waals surface area contributed by atoms with Crippen molar-refractivity contribution in [2.24, 2.45) is 0 Å². The Kier molecular flexibility index (Phi) is 3.12. The van der Waals surface area contributed by atoms with E-state index in [0.717, 1.165) is 16.5 Å². The van der Waals surface area contributed by atoms with Crippen molar-refractivity contribution in [3.05, 3.63) is 65.0 Å². The standard InChI is InChI=1S/C15H12N4O2/c16-11-6-12(8-13(7-11)19(20)21)18-15-3-1-2-10-9-17-5-4-14(10)15/h1-9,18H,16H2. The normalized spacial score (nSPS) is 10.5. The van der Waals surface area contributed by atoms with Crippen LogP contribution in [0.1, 0.15) is 0 Å². The lowest BCUT2D eigenvalue weighted by Gasteiger charge is -2.10. The monoisotopic (exact) mass is 280 g/mol. The average Bonchev–Trinajstić information content (AvgIpc) is 2.47. The maximum atomic E-state index is 10.9. The summed E-state index contributed by atoms with van der Waals surface area (Å²) in [5.41, 5.74) is 7.43. The lowest BCUT2D eigenvalue weighted by Crippen LogP contribution is -1.96. The molecule has 104 valence electrons. The van der Waals surface area contributed by atoms with E-state index < -0.39 is 4.92 Å². The van der Waals surface area contributed by atoms with E-state index in [2.05, 4.69) is 10.3 Å². The third-order valence-corrected chi connectivity index (χ3v) is 3.11. The molecule has 0 aliphatic carbocycles. The molecular weight excluding hydrogens is 268 g/mol. The molecule has 0 unspecified atom stereocenters. The Morgan fingerprint density at radius 2 is 2.05 bits per heavy atom. The van der Waals surface area contributed by atoms with Gasteiger partial charge in [-0.05, 0) is 18.2 Å². The van der Waals surface area contributed by atoms with E-state index in [9.17, 15) is 10.1 Å². The lowest BCUT2D eigenvalue weighted by molar-refractivity contribution is -0.384. The minimum absolute atomic E-state index is 0.0422. The van der Waals surface area contributed by atoms with Crippen molar-refractivity contribution in [1.82, 2.24) is 4.98 Å². The highest BCUT2D eigenvalue weighted by atomic mass is 16.6. The van der Waals surface area contributed by atoms with Crippen molar-refractivity contribution < 1.29 is 4.92 Å². The maximum Gasteiger partial charge on any atom is 0.273 e. The molecule has 0 radical (unpaired) electrons. The van der Waals surface area contributed by atoms with Gasteiger partial charge in [-0.25, -0.2) is 0 Å². The van der Waals surface area contributed by atoms with Crippen LogP contribution in [0.5, 0.6) is 0 Å². The summed E-state index contributed by atoms with van der Waals surface area (Å²) in [4.78, 5) is 14.5. The van der Waals surface area contributed by atoms with Crippen molar-refractivity contribution in [2.45, 2.75) is 0 Å². The van der Waals surface area contributed by atoms with Crippen LogP contribution in [0.15, 0.2) is 54.9 Å². The van der Waals surface area contributed by atoms with Crippen molar-refractivity contribution in [1.29, 1.82) is 0 Å². The Labute approximate surface area is 120 Å². The first-order valence-electron chi connectivity index (χ1n) is 6.28. The summed E-state index contributed by atoms with van der Waals surface area (Å²) >= 11 is 0. The minimum atomic E-state index is -0.464. The van der Waals surface area contributed by atoms with E-state index in [1.165, 1.54) is 12.1 Å². The van der Waals surface area contributed by atoms with Crippen molar-refractivity contribution >= 4 is 33.5 Å². The van der Waals surface area contributed by atoms with Crippen LogP contribution >= 0.6 is 0 Å². The highest BCUT2D eigenvalue weighted by molar-refractivity contribution is 5.95. The molecule has 3 rings (SSSR count). The molecule has 0 fully saturated rings. The third-order valence-electron chi connectivity index (χ3n) is 3.11. The SMILES string of the molecule is Nc1cc(Nc2cccc3cnccc23)cc([N+](=O)[O-])c1. The number of benzene rings is 2. The molecule has 0 bridgehead atoms. The first kappa shape index (κ1) is 12.9. The minimum Gasteiger partial charge on any atom is -0.398 e. The Morgan fingerprint density at radius 3 is 2.86 bits per heavy atom. The second kappa shape index (κ2) is 5.09. The molecule has 6 heteroatoms. The van der Waals surface area contributed by atoms with Crippen LogP contribution in [0.3, 0.4) is 0 Å². The van der Waals surface area contributed by atoms with E-state index in [1.54, 1.807) is 18.5 Å². The van der Waals surface area contributed by atoms with Gasteiger partial charge in [0.15, 0.2) is 0 Å². The Bertz CT molecular complexity index is 828. The molecule has 1 heterocycles. The molecule has 0 saturated heterocycles. The number of nitrogens with zero attached hydrogens (tertiary/aromatic N) is 2. The van der Waals surface area contributed by atoms with Gasteiger partial charge in [0.05, 0.1) is 4.92 Å². The number of nitrogens with two attached hydrogens (primary N) is 1. The molecule has 0 spiro atoms. The van der Waals surface area contributed by atoms with Gasteiger partial charge in [0.2, 0.25) is 0 Å². The van der Waals surface area contributed by atoms with E-state index in [0.29, 0.717) is 11.4 Å². The maximum absolute atomic E-state index is 10.9. The van der Waals surface area contributed by atoms with Crippen LogP contribution in [0.25, 0.3) is 10.8 Å². The second-order valence-electron chi connectivity index (χ2n) is 4.60. The van der Waals surface area contributed by atoms with Gasteiger partial charge in [-0.15, -0.1) is 0 Å². The first-order valence-corrected chi connectivity index (χ1v) is 6.28. The first-order chi connectivity index (χ1) is 10.1. The highest BCUT2D eigenvalue weighted by Gasteiger charge is 2.09. The third kappa shape index (κ3) is 2.59. The number of hydrogen-bond donors (Lipinski definition) is 2. The number of nitro groups is 1. The number of rotatable bonds is 3. The number of nitrogen functional groups attached to an aromatic ring is 1. The number of anilines is 3. The van der Waals surface area contributed by atoms with Crippen molar-refractivity contribution in [3.8, 4) is 0 Å². The van der Waals surface area contributed by atoms with Gasteiger partial charge in [0, 0.05) is 52.4 Å². The highest BCUT2D eigenvalue weighted by Crippen LogP contribution is 2.29. The smallest absolute Gasteiger partial charge is 0.273 e. The topological polar surface area (TPSA) is 94.1 Å². The van der Waals surface area contributed by atoms with Gasteiger partial charge in [-0.2, -0.15) is 0 Å². The van der Waals surface area contributed by atoms with Gasteiger partial charge < -0.3 is 11.1 Å². The Hall–Kier alpha value is -3.15. The predicted octanol–water partition coefficient (Wildman–Crippen LogP) is 3.47. The fourth-order valence-corrected chi connectivity index (χ4v) is 2.20. The van der Waals surface area contributed by atoms with E-state index in [4.69, 9.17) is 5.73 Å². The molecule has 0 amide bonds. The van der Waals surface area contributed by atoms with E-state index in [1.807, 2.05) is 24.3 Å². The number of aromatic nitrogens is 1. The Morgan fingerprint density at radius 1 is 1.19 bits per heavy atom. The van der Waals surface area contributed by atoms with Crippen LogP contribution in [-0.2, 0) is 0 Å². The number of fused-ring (bicyclic) bond motifs is 1. The number of hydrogen-bond acceptors (Lipinski definition) is 5. The largest absolute Gasteiger partial charge is 0.398 e.